The second kappa shape index (κ2) is 11.3. The summed E-state index contributed by atoms with van der Waals surface area (Å²) in [7, 11) is 0. The van der Waals surface area contributed by atoms with Crippen molar-refractivity contribution in [3.05, 3.63) is 64.5 Å². The summed E-state index contributed by atoms with van der Waals surface area (Å²) in [6, 6.07) is 13.1. The molecule has 1 aliphatic carbocycles. The normalized spacial score (nSPS) is 18.5. The molecule has 0 radical (unpaired) electrons. The second-order valence-electron chi connectivity index (χ2n) is 10.5. The van der Waals surface area contributed by atoms with Crippen molar-refractivity contribution in [3.8, 4) is 0 Å². The van der Waals surface area contributed by atoms with Crippen LogP contribution >= 0.6 is 0 Å². The molecular formula is C29H41N3O. The van der Waals surface area contributed by atoms with E-state index in [9.17, 15) is 4.79 Å². The Hall–Kier alpha value is -2.20. The summed E-state index contributed by atoms with van der Waals surface area (Å²) in [5.41, 5.74) is 5.59. The molecule has 1 amide bonds. The molecule has 2 heterocycles. The number of likely N-dealkylation sites (tertiary alicyclic amines) is 1. The van der Waals surface area contributed by atoms with Crippen LogP contribution in [-0.4, -0.2) is 35.4 Å². The van der Waals surface area contributed by atoms with E-state index in [1.165, 1.54) is 43.2 Å². The van der Waals surface area contributed by atoms with Crippen molar-refractivity contribution in [3.63, 3.8) is 0 Å². The summed E-state index contributed by atoms with van der Waals surface area (Å²) in [5.74, 6) is 1.64. The molecule has 0 bridgehead atoms. The van der Waals surface area contributed by atoms with E-state index in [0.29, 0.717) is 17.8 Å². The molecule has 2 aliphatic rings. The number of nitrogens with one attached hydrogen (secondary N) is 1. The fraction of sp³-hybridized carbons (Fsp3) is 0.586. The van der Waals surface area contributed by atoms with E-state index in [4.69, 9.17) is 4.98 Å². The van der Waals surface area contributed by atoms with Crippen molar-refractivity contribution < 1.29 is 4.79 Å². The van der Waals surface area contributed by atoms with Crippen LogP contribution in [0.3, 0.4) is 0 Å². The minimum atomic E-state index is 0.0655. The summed E-state index contributed by atoms with van der Waals surface area (Å²) in [6.07, 6.45) is 8.57. The van der Waals surface area contributed by atoms with Crippen LogP contribution in [0, 0.1) is 12.8 Å². The number of nitrogens with zero attached hydrogens (tertiary/aromatic N) is 2. The molecular weight excluding hydrogens is 406 g/mol. The first-order valence-corrected chi connectivity index (χ1v) is 13.1. The average Bonchev–Trinajstić information content (AvgIpc) is 2.84. The number of pyridine rings is 1. The zero-order valence-electron chi connectivity index (χ0n) is 20.8. The summed E-state index contributed by atoms with van der Waals surface area (Å²) in [4.78, 5) is 20.5. The number of carbonyl (C=O) groups is 1. The Morgan fingerprint density at radius 3 is 2.36 bits per heavy atom. The molecule has 4 heteroatoms. The molecule has 4 rings (SSSR count). The molecule has 2 fully saturated rings. The van der Waals surface area contributed by atoms with Gasteiger partial charge in [0.05, 0.1) is 11.3 Å². The number of aryl methyl sites for hydroxylation is 1. The zero-order chi connectivity index (χ0) is 23.2. The largest absolute Gasteiger partial charge is 0.352 e. The number of hydrogen-bond acceptors (Lipinski definition) is 3. The Bertz CT molecular complexity index is 907. The molecule has 0 spiro atoms. The predicted octanol–water partition coefficient (Wildman–Crippen LogP) is 6.20. The summed E-state index contributed by atoms with van der Waals surface area (Å²) < 4.78 is 0. The standard InChI is InChI=1S/C29H41N3O/c1-21(2)25-12-10-24(11-13-25)20-32-17-15-26(16-18-32)28-27(14-9-22(3)31-28)29(33)30-19-23-7-5-4-6-8-23/h9-14,21,23,26H,4-8,15-20H2,1-3H3,(H,30,33). The monoisotopic (exact) mass is 447 g/mol. The van der Waals surface area contributed by atoms with Crippen LogP contribution in [0.15, 0.2) is 36.4 Å². The lowest BCUT2D eigenvalue weighted by molar-refractivity contribution is 0.0940. The highest BCUT2D eigenvalue weighted by atomic mass is 16.1. The molecule has 1 N–H and O–H groups in total. The molecule has 2 aromatic rings. The van der Waals surface area contributed by atoms with E-state index >= 15 is 0 Å². The first kappa shape index (κ1) is 23.9. The lowest BCUT2D eigenvalue weighted by Gasteiger charge is -2.32. The lowest BCUT2D eigenvalue weighted by Crippen LogP contribution is -2.35. The van der Waals surface area contributed by atoms with Gasteiger partial charge < -0.3 is 5.32 Å². The topological polar surface area (TPSA) is 45.2 Å². The maximum Gasteiger partial charge on any atom is 0.253 e. The van der Waals surface area contributed by atoms with Gasteiger partial charge in [-0.1, -0.05) is 57.4 Å². The molecule has 33 heavy (non-hydrogen) atoms. The molecule has 0 unspecified atom stereocenters. The van der Waals surface area contributed by atoms with Crippen molar-refractivity contribution in [1.82, 2.24) is 15.2 Å². The van der Waals surface area contributed by atoms with Gasteiger partial charge in [0.2, 0.25) is 0 Å². The van der Waals surface area contributed by atoms with Crippen LogP contribution in [0.5, 0.6) is 0 Å². The third-order valence-corrected chi connectivity index (χ3v) is 7.61. The number of aromatic nitrogens is 1. The van der Waals surface area contributed by atoms with Gasteiger partial charge in [0.25, 0.3) is 5.91 Å². The van der Waals surface area contributed by atoms with Gasteiger partial charge in [-0.3, -0.25) is 14.7 Å². The Morgan fingerprint density at radius 1 is 1.00 bits per heavy atom. The van der Waals surface area contributed by atoms with Gasteiger partial charge >= 0.3 is 0 Å². The fourth-order valence-corrected chi connectivity index (χ4v) is 5.43. The number of benzene rings is 1. The first-order chi connectivity index (χ1) is 16.0. The molecule has 4 nitrogen and oxygen atoms in total. The highest BCUT2D eigenvalue weighted by Crippen LogP contribution is 2.30. The molecule has 1 aromatic carbocycles. The Labute approximate surface area is 200 Å². The fourth-order valence-electron chi connectivity index (χ4n) is 5.43. The number of amides is 1. The summed E-state index contributed by atoms with van der Waals surface area (Å²) >= 11 is 0. The van der Waals surface area contributed by atoms with Gasteiger partial charge in [-0.05, 0) is 80.8 Å². The Morgan fingerprint density at radius 2 is 1.70 bits per heavy atom. The van der Waals surface area contributed by atoms with Gasteiger partial charge in [-0.25, -0.2) is 0 Å². The SMILES string of the molecule is Cc1ccc(C(=O)NCC2CCCCC2)c(C2CCN(Cc3ccc(C(C)C)cc3)CC2)n1. The smallest absolute Gasteiger partial charge is 0.253 e. The molecule has 178 valence electrons. The third kappa shape index (κ3) is 6.44. The number of hydrogen-bond donors (Lipinski definition) is 1. The highest BCUT2D eigenvalue weighted by molar-refractivity contribution is 5.95. The minimum Gasteiger partial charge on any atom is -0.352 e. The van der Waals surface area contributed by atoms with Crippen molar-refractivity contribution >= 4 is 5.91 Å². The van der Waals surface area contributed by atoms with Crippen molar-refractivity contribution in [2.75, 3.05) is 19.6 Å². The maximum absolute atomic E-state index is 13.1. The van der Waals surface area contributed by atoms with Crippen LogP contribution < -0.4 is 5.32 Å². The van der Waals surface area contributed by atoms with Crippen LogP contribution in [0.4, 0.5) is 0 Å². The van der Waals surface area contributed by atoms with Gasteiger partial charge in [-0.15, -0.1) is 0 Å². The lowest BCUT2D eigenvalue weighted by atomic mass is 9.88. The van der Waals surface area contributed by atoms with Gasteiger partial charge in [0.1, 0.15) is 0 Å². The van der Waals surface area contributed by atoms with E-state index in [-0.39, 0.29) is 5.91 Å². The summed E-state index contributed by atoms with van der Waals surface area (Å²) in [6.45, 7) is 10.4. The van der Waals surface area contributed by atoms with Crippen LogP contribution in [0.1, 0.15) is 104 Å². The number of piperidine rings is 1. The Kier molecular flexibility index (Phi) is 8.19. The average molecular weight is 448 g/mol. The maximum atomic E-state index is 13.1. The first-order valence-electron chi connectivity index (χ1n) is 13.1. The van der Waals surface area contributed by atoms with E-state index in [0.717, 1.165) is 56.0 Å². The van der Waals surface area contributed by atoms with E-state index < -0.39 is 0 Å². The molecule has 1 aliphatic heterocycles. The van der Waals surface area contributed by atoms with Crippen molar-refractivity contribution in [2.24, 2.45) is 5.92 Å². The predicted molar refractivity (Wildman–Crippen MR) is 136 cm³/mol. The number of carbonyl (C=O) groups excluding carboxylic acids is 1. The molecule has 1 saturated carbocycles. The number of rotatable bonds is 7. The molecule has 0 atom stereocenters. The van der Waals surface area contributed by atoms with Crippen LogP contribution in [0.25, 0.3) is 0 Å². The molecule has 1 saturated heterocycles. The van der Waals surface area contributed by atoms with Crippen LogP contribution in [0.2, 0.25) is 0 Å². The highest BCUT2D eigenvalue weighted by Gasteiger charge is 2.26. The second-order valence-corrected chi connectivity index (χ2v) is 10.5. The van der Waals surface area contributed by atoms with Gasteiger partial charge in [-0.2, -0.15) is 0 Å². The minimum absolute atomic E-state index is 0.0655. The van der Waals surface area contributed by atoms with E-state index in [1.54, 1.807) is 0 Å². The summed E-state index contributed by atoms with van der Waals surface area (Å²) in [5, 5.41) is 3.23. The zero-order valence-corrected chi connectivity index (χ0v) is 20.8. The quantitative estimate of drug-likeness (QED) is 0.549. The van der Waals surface area contributed by atoms with E-state index in [2.05, 4.69) is 48.3 Å². The van der Waals surface area contributed by atoms with Crippen LogP contribution in [-0.2, 0) is 6.54 Å². The van der Waals surface area contributed by atoms with E-state index in [1.807, 2.05) is 19.1 Å². The van der Waals surface area contributed by atoms with Crippen molar-refractivity contribution in [2.45, 2.75) is 84.1 Å². The molecule has 1 aromatic heterocycles. The van der Waals surface area contributed by atoms with Gasteiger partial charge in [0, 0.05) is 24.7 Å². The van der Waals surface area contributed by atoms with Crippen molar-refractivity contribution in [1.29, 1.82) is 0 Å². The van der Waals surface area contributed by atoms with Gasteiger partial charge in [0.15, 0.2) is 0 Å². The Balaban J connectivity index is 1.35. The third-order valence-electron chi connectivity index (χ3n) is 7.61.